The van der Waals surface area contributed by atoms with E-state index in [4.69, 9.17) is 10.2 Å². The number of carboxylic acid groups (broad SMARTS) is 1. The molecule has 0 saturated carbocycles. The summed E-state index contributed by atoms with van der Waals surface area (Å²) in [6.07, 6.45) is 0.593. The standard InChI is InChI=1S/C15H22N2O4/c18-10-14(19)9-16-12-1-3-13(4-2-12)17-7-5-11(6-8-17)15(20)21/h1-4,11,14,16,18-19H,5-10H2,(H,20,21). The predicted molar refractivity (Wildman–Crippen MR) is 80.6 cm³/mol. The number of aliphatic hydroxyl groups is 2. The van der Waals surface area contributed by atoms with E-state index < -0.39 is 12.1 Å². The van der Waals surface area contributed by atoms with Crippen LogP contribution in [0.2, 0.25) is 0 Å². The van der Waals surface area contributed by atoms with Gasteiger partial charge in [0.05, 0.1) is 18.6 Å². The van der Waals surface area contributed by atoms with E-state index in [0.29, 0.717) is 19.4 Å². The summed E-state index contributed by atoms with van der Waals surface area (Å²) in [7, 11) is 0. The topological polar surface area (TPSA) is 93.0 Å². The Kier molecular flexibility index (Phi) is 5.41. The summed E-state index contributed by atoms with van der Waals surface area (Å²) in [5, 5.41) is 30.1. The van der Waals surface area contributed by atoms with Crippen LogP contribution in [-0.4, -0.2) is 53.6 Å². The van der Waals surface area contributed by atoms with Crippen LogP contribution in [0.1, 0.15) is 12.8 Å². The molecule has 0 aromatic heterocycles. The van der Waals surface area contributed by atoms with Crippen molar-refractivity contribution in [3.05, 3.63) is 24.3 Å². The average Bonchev–Trinajstić information content (AvgIpc) is 2.53. The maximum atomic E-state index is 10.9. The molecule has 6 heteroatoms. The SMILES string of the molecule is O=C(O)C1CCN(c2ccc(NCC(O)CO)cc2)CC1. The smallest absolute Gasteiger partial charge is 0.306 e. The first-order chi connectivity index (χ1) is 10.1. The Bertz CT molecular complexity index is 455. The van der Waals surface area contributed by atoms with Crippen molar-refractivity contribution in [1.82, 2.24) is 0 Å². The second kappa shape index (κ2) is 7.28. The summed E-state index contributed by atoms with van der Waals surface area (Å²) in [6.45, 7) is 1.56. The third-order valence-corrected chi connectivity index (χ3v) is 3.83. The number of carboxylic acids is 1. The summed E-state index contributed by atoms with van der Waals surface area (Å²) in [5.74, 6) is -0.918. The molecule has 21 heavy (non-hydrogen) atoms. The quantitative estimate of drug-likeness (QED) is 0.619. The summed E-state index contributed by atoms with van der Waals surface area (Å²) < 4.78 is 0. The molecule has 2 rings (SSSR count). The van der Waals surface area contributed by atoms with Crippen molar-refractivity contribution in [1.29, 1.82) is 0 Å². The van der Waals surface area contributed by atoms with Gasteiger partial charge in [-0.3, -0.25) is 4.79 Å². The molecular formula is C15H22N2O4. The summed E-state index contributed by atoms with van der Waals surface area (Å²) in [5.41, 5.74) is 1.96. The average molecular weight is 294 g/mol. The third-order valence-electron chi connectivity index (χ3n) is 3.83. The van der Waals surface area contributed by atoms with Gasteiger partial charge in [0.25, 0.3) is 0 Å². The number of aliphatic carboxylic acids is 1. The second-order valence-corrected chi connectivity index (χ2v) is 5.36. The van der Waals surface area contributed by atoms with E-state index in [9.17, 15) is 9.90 Å². The van der Waals surface area contributed by atoms with Gasteiger partial charge in [0.2, 0.25) is 0 Å². The van der Waals surface area contributed by atoms with Gasteiger partial charge < -0.3 is 25.5 Å². The van der Waals surface area contributed by atoms with Crippen molar-refractivity contribution in [3.63, 3.8) is 0 Å². The van der Waals surface area contributed by atoms with E-state index >= 15 is 0 Å². The summed E-state index contributed by atoms with van der Waals surface area (Å²) >= 11 is 0. The number of benzene rings is 1. The van der Waals surface area contributed by atoms with Gasteiger partial charge in [-0.1, -0.05) is 0 Å². The number of carbonyl (C=O) groups is 1. The first-order valence-corrected chi connectivity index (χ1v) is 7.20. The minimum Gasteiger partial charge on any atom is -0.481 e. The fraction of sp³-hybridized carbons (Fsp3) is 0.533. The number of anilines is 2. The Labute approximate surface area is 124 Å². The van der Waals surface area contributed by atoms with Crippen molar-refractivity contribution < 1.29 is 20.1 Å². The zero-order chi connectivity index (χ0) is 15.2. The van der Waals surface area contributed by atoms with Crippen LogP contribution in [0.3, 0.4) is 0 Å². The molecule has 1 aliphatic rings. The molecule has 0 spiro atoms. The number of nitrogens with zero attached hydrogens (tertiary/aromatic N) is 1. The molecule has 6 nitrogen and oxygen atoms in total. The van der Waals surface area contributed by atoms with Crippen LogP contribution < -0.4 is 10.2 Å². The molecule has 4 N–H and O–H groups in total. The van der Waals surface area contributed by atoms with Gasteiger partial charge in [-0.05, 0) is 37.1 Å². The highest BCUT2D eigenvalue weighted by Gasteiger charge is 2.24. The fourth-order valence-corrected chi connectivity index (χ4v) is 2.47. The van der Waals surface area contributed by atoms with Crippen molar-refractivity contribution in [3.8, 4) is 0 Å². The monoisotopic (exact) mass is 294 g/mol. The third kappa shape index (κ3) is 4.34. The van der Waals surface area contributed by atoms with E-state index in [-0.39, 0.29) is 12.5 Å². The van der Waals surface area contributed by atoms with Crippen LogP contribution in [-0.2, 0) is 4.79 Å². The number of hydrogen-bond acceptors (Lipinski definition) is 5. The molecule has 1 aliphatic heterocycles. The second-order valence-electron chi connectivity index (χ2n) is 5.36. The maximum Gasteiger partial charge on any atom is 0.306 e. The molecule has 116 valence electrons. The van der Waals surface area contributed by atoms with Crippen molar-refractivity contribution in [2.24, 2.45) is 5.92 Å². The molecule has 1 aromatic carbocycles. The first kappa shape index (κ1) is 15.6. The minimum atomic E-state index is -0.764. The Morgan fingerprint density at radius 3 is 2.43 bits per heavy atom. The molecule has 0 amide bonds. The molecule has 1 fully saturated rings. The Balaban J connectivity index is 1.86. The van der Waals surface area contributed by atoms with Gasteiger partial charge in [0.1, 0.15) is 0 Å². The van der Waals surface area contributed by atoms with Crippen LogP contribution in [0.4, 0.5) is 11.4 Å². The normalized spacial score (nSPS) is 17.5. The summed E-state index contributed by atoms with van der Waals surface area (Å²) in [4.78, 5) is 13.1. The molecule has 1 saturated heterocycles. The highest BCUT2D eigenvalue weighted by Crippen LogP contribution is 2.24. The number of aliphatic hydroxyl groups excluding tert-OH is 2. The highest BCUT2D eigenvalue weighted by atomic mass is 16.4. The van der Waals surface area contributed by atoms with Crippen LogP contribution in [0.5, 0.6) is 0 Å². The predicted octanol–water partition coefficient (Wildman–Crippen LogP) is 0.753. The molecule has 0 aliphatic carbocycles. The first-order valence-electron chi connectivity index (χ1n) is 7.20. The highest BCUT2D eigenvalue weighted by molar-refractivity contribution is 5.70. The van der Waals surface area contributed by atoms with Gasteiger partial charge >= 0.3 is 5.97 Å². The van der Waals surface area contributed by atoms with Gasteiger partial charge in [0, 0.05) is 31.0 Å². The lowest BCUT2D eigenvalue weighted by Crippen LogP contribution is -2.36. The molecule has 1 atom stereocenters. The lowest BCUT2D eigenvalue weighted by Gasteiger charge is -2.32. The van der Waals surface area contributed by atoms with E-state index in [0.717, 1.165) is 24.5 Å². The lowest BCUT2D eigenvalue weighted by atomic mass is 9.97. The van der Waals surface area contributed by atoms with Gasteiger partial charge in [-0.15, -0.1) is 0 Å². The van der Waals surface area contributed by atoms with E-state index in [1.165, 1.54) is 0 Å². The molecular weight excluding hydrogens is 272 g/mol. The zero-order valence-electron chi connectivity index (χ0n) is 11.9. The Morgan fingerprint density at radius 1 is 1.29 bits per heavy atom. The number of rotatable bonds is 6. The van der Waals surface area contributed by atoms with E-state index in [2.05, 4.69) is 10.2 Å². The summed E-state index contributed by atoms with van der Waals surface area (Å²) in [6, 6.07) is 7.80. The number of hydrogen-bond donors (Lipinski definition) is 4. The molecule has 0 radical (unpaired) electrons. The lowest BCUT2D eigenvalue weighted by molar-refractivity contribution is -0.142. The van der Waals surface area contributed by atoms with Crippen LogP contribution in [0.15, 0.2) is 24.3 Å². The molecule has 1 heterocycles. The van der Waals surface area contributed by atoms with Gasteiger partial charge in [-0.25, -0.2) is 0 Å². The maximum absolute atomic E-state index is 10.9. The number of nitrogens with one attached hydrogen (secondary N) is 1. The molecule has 1 unspecified atom stereocenters. The minimum absolute atomic E-state index is 0.220. The molecule has 1 aromatic rings. The molecule has 0 bridgehead atoms. The fourth-order valence-electron chi connectivity index (χ4n) is 2.47. The van der Waals surface area contributed by atoms with E-state index in [1.807, 2.05) is 24.3 Å². The largest absolute Gasteiger partial charge is 0.481 e. The van der Waals surface area contributed by atoms with E-state index in [1.54, 1.807) is 0 Å². The Hall–Kier alpha value is -1.79. The van der Waals surface area contributed by atoms with Gasteiger partial charge in [-0.2, -0.15) is 0 Å². The van der Waals surface area contributed by atoms with Crippen LogP contribution in [0.25, 0.3) is 0 Å². The van der Waals surface area contributed by atoms with Crippen molar-refractivity contribution in [2.75, 3.05) is 36.5 Å². The van der Waals surface area contributed by atoms with Gasteiger partial charge in [0.15, 0.2) is 0 Å². The van der Waals surface area contributed by atoms with Crippen LogP contribution in [0, 0.1) is 5.92 Å². The van der Waals surface area contributed by atoms with Crippen molar-refractivity contribution >= 4 is 17.3 Å². The van der Waals surface area contributed by atoms with Crippen molar-refractivity contribution in [2.45, 2.75) is 18.9 Å². The van der Waals surface area contributed by atoms with Crippen LogP contribution >= 0.6 is 0 Å². The zero-order valence-corrected chi connectivity index (χ0v) is 11.9. The Morgan fingerprint density at radius 2 is 1.90 bits per heavy atom. The number of piperidine rings is 1.